The summed E-state index contributed by atoms with van der Waals surface area (Å²) in [5.74, 6) is -0.195. The fourth-order valence-electron chi connectivity index (χ4n) is 2.19. The van der Waals surface area contributed by atoms with Gasteiger partial charge in [0.2, 0.25) is 0 Å². The molecule has 0 unspecified atom stereocenters. The number of hydrogen-bond donors (Lipinski definition) is 1. The Labute approximate surface area is 89.4 Å². The fourth-order valence-corrected chi connectivity index (χ4v) is 2.19. The van der Waals surface area contributed by atoms with Crippen molar-refractivity contribution in [1.82, 2.24) is 5.32 Å². The van der Waals surface area contributed by atoms with Crippen molar-refractivity contribution in [3.05, 3.63) is 35.6 Å². The van der Waals surface area contributed by atoms with Crippen molar-refractivity contribution < 1.29 is 9.13 Å². The molecule has 0 bridgehead atoms. The molecule has 0 amide bonds. The number of ether oxygens (including phenoxy) is 1. The molecule has 0 atom stereocenters. The van der Waals surface area contributed by atoms with E-state index in [9.17, 15) is 4.39 Å². The second-order valence-electron chi connectivity index (χ2n) is 3.96. The molecule has 0 radical (unpaired) electrons. The molecule has 3 heteroatoms. The van der Waals surface area contributed by atoms with Crippen LogP contribution < -0.4 is 5.32 Å². The van der Waals surface area contributed by atoms with E-state index in [0.29, 0.717) is 0 Å². The quantitative estimate of drug-likeness (QED) is 0.805. The van der Waals surface area contributed by atoms with Crippen LogP contribution in [0.3, 0.4) is 0 Å². The van der Waals surface area contributed by atoms with Gasteiger partial charge in [0.1, 0.15) is 5.82 Å². The number of hydrogen-bond acceptors (Lipinski definition) is 2. The zero-order chi connectivity index (χ0) is 10.7. The van der Waals surface area contributed by atoms with Crippen LogP contribution in [0.25, 0.3) is 0 Å². The standard InChI is InChI=1S/C12H16FNO/c1-15-12(6-8-14-9-7-12)10-2-4-11(13)5-3-10/h2-5,14H,6-9H2,1H3. The number of halogens is 1. The van der Waals surface area contributed by atoms with Gasteiger partial charge in [-0.05, 0) is 43.6 Å². The Hall–Kier alpha value is -0.930. The molecule has 0 aromatic heterocycles. The van der Waals surface area contributed by atoms with Gasteiger partial charge in [-0.2, -0.15) is 0 Å². The lowest BCUT2D eigenvalue weighted by atomic mass is 9.85. The first kappa shape index (κ1) is 10.6. The van der Waals surface area contributed by atoms with Crippen molar-refractivity contribution in [3.8, 4) is 0 Å². The molecule has 1 saturated heterocycles. The van der Waals surface area contributed by atoms with Gasteiger partial charge in [-0.15, -0.1) is 0 Å². The van der Waals surface area contributed by atoms with Gasteiger partial charge in [0.25, 0.3) is 0 Å². The third-order valence-electron chi connectivity index (χ3n) is 3.17. The minimum Gasteiger partial charge on any atom is -0.373 e. The SMILES string of the molecule is COC1(c2ccc(F)cc2)CCNCC1. The molecule has 2 rings (SSSR count). The second-order valence-corrected chi connectivity index (χ2v) is 3.96. The van der Waals surface area contributed by atoms with E-state index in [0.717, 1.165) is 31.5 Å². The first-order valence-corrected chi connectivity index (χ1v) is 5.29. The van der Waals surface area contributed by atoms with Crippen LogP contribution >= 0.6 is 0 Å². The molecule has 1 heterocycles. The molecule has 1 aromatic rings. The maximum absolute atomic E-state index is 12.8. The molecule has 15 heavy (non-hydrogen) atoms. The molecular formula is C12H16FNO. The highest BCUT2D eigenvalue weighted by atomic mass is 19.1. The van der Waals surface area contributed by atoms with Crippen LogP contribution in [0.2, 0.25) is 0 Å². The molecule has 1 fully saturated rings. The first-order chi connectivity index (χ1) is 7.27. The molecule has 82 valence electrons. The third kappa shape index (κ3) is 2.03. The molecule has 0 aliphatic carbocycles. The summed E-state index contributed by atoms with van der Waals surface area (Å²) in [6.07, 6.45) is 1.88. The zero-order valence-electron chi connectivity index (χ0n) is 8.92. The summed E-state index contributed by atoms with van der Waals surface area (Å²) in [5.41, 5.74) is 0.853. The number of piperidine rings is 1. The highest BCUT2D eigenvalue weighted by Gasteiger charge is 2.33. The van der Waals surface area contributed by atoms with Gasteiger partial charge < -0.3 is 10.1 Å². The lowest BCUT2D eigenvalue weighted by molar-refractivity contribution is -0.0391. The molecule has 1 aromatic carbocycles. The Morgan fingerprint density at radius 1 is 1.20 bits per heavy atom. The van der Waals surface area contributed by atoms with E-state index < -0.39 is 0 Å². The Morgan fingerprint density at radius 3 is 2.33 bits per heavy atom. The number of benzene rings is 1. The second kappa shape index (κ2) is 4.29. The highest BCUT2D eigenvalue weighted by molar-refractivity contribution is 5.24. The first-order valence-electron chi connectivity index (χ1n) is 5.29. The minimum absolute atomic E-state index is 0.195. The lowest BCUT2D eigenvalue weighted by Gasteiger charge is -2.36. The van der Waals surface area contributed by atoms with Crippen LogP contribution in [0.1, 0.15) is 18.4 Å². The van der Waals surface area contributed by atoms with Gasteiger partial charge >= 0.3 is 0 Å². The van der Waals surface area contributed by atoms with E-state index in [1.165, 1.54) is 12.1 Å². The summed E-state index contributed by atoms with van der Waals surface area (Å²) in [5, 5.41) is 3.30. The predicted octanol–water partition coefficient (Wildman–Crippen LogP) is 2.05. The number of methoxy groups -OCH3 is 1. The molecule has 0 saturated carbocycles. The van der Waals surface area contributed by atoms with Gasteiger partial charge in [0.15, 0.2) is 0 Å². The van der Waals surface area contributed by atoms with E-state index in [-0.39, 0.29) is 11.4 Å². The fraction of sp³-hybridized carbons (Fsp3) is 0.500. The van der Waals surface area contributed by atoms with E-state index in [2.05, 4.69) is 5.32 Å². The smallest absolute Gasteiger partial charge is 0.123 e. The summed E-state index contributed by atoms with van der Waals surface area (Å²) in [6.45, 7) is 1.90. The van der Waals surface area contributed by atoms with Gasteiger partial charge in [-0.1, -0.05) is 12.1 Å². The van der Waals surface area contributed by atoms with Gasteiger partial charge in [0, 0.05) is 7.11 Å². The normalized spacial score (nSPS) is 20.1. The van der Waals surface area contributed by atoms with Crippen LogP contribution in [0.5, 0.6) is 0 Å². The highest BCUT2D eigenvalue weighted by Crippen LogP contribution is 2.33. The van der Waals surface area contributed by atoms with Gasteiger partial charge in [-0.25, -0.2) is 4.39 Å². The Morgan fingerprint density at radius 2 is 1.80 bits per heavy atom. The van der Waals surface area contributed by atoms with E-state index in [1.807, 2.05) is 12.1 Å². The van der Waals surface area contributed by atoms with Crippen LogP contribution in [-0.4, -0.2) is 20.2 Å². The summed E-state index contributed by atoms with van der Waals surface area (Å²) >= 11 is 0. The number of rotatable bonds is 2. The zero-order valence-corrected chi connectivity index (χ0v) is 8.92. The third-order valence-corrected chi connectivity index (χ3v) is 3.17. The average molecular weight is 209 g/mol. The molecule has 0 spiro atoms. The number of nitrogens with one attached hydrogen (secondary N) is 1. The molecule has 2 nitrogen and oxygen atoms in total. The molecular weight excluding hydrogens is 193 g/mol. The summed E-state index contributed by atoms with van der Waals surface area (Å²) in [4.78, 5) is 0. The lowest BCUT2D eigenvalue weighted by Crippen LogP contribution is -2.41. The van der Waals surface area contributed by atoms with E-state index >= 15 is 0 Å². The predicted molar refractivity (Wildman–Crippen MR) is 57.2 cm³/mol. The average Bonchev–Trinajstić information content (AvgIpc) is 2.31. The van der Waals surface area contributed by atoms with Gasteiger partial charge in [-0.3, -0.25) is 0 Å². The van der Waals surface area contributed by atoms with Crippen LogP contribution in [0, 0.1) is 5.82 Å². The molecule has 1 aliphatic heterocycles. The largest absolute Gasteiger partial charge is 0.373 e. The Balaban J connectivity index is 2.28. The van der Waals surface area contributed by atoms with Crippen molar-refractivity contribution in [2.45, 2.75) is 18.4 Å². The summed E-state index contributed by atoms with van der Waals surface area (Å²) in [6, 6.07) is 6.64. The summed E-state index contributed by atoms with van der Waals surface area (Å²) in [7, 11) is 1.73. The van der Waals surface area contributed by atoms with Crippen LogP contribution in [0.4, 0.5) is 4.39 Å². The Bertz CT molecular complexity index is 317. The molecule has 1 N–H and O–H groups in total. The van der Waals surface area contributed by atoms with Gasteiger partial charge in [0.05, 0.1) is 5.60 Å². The van der Waals surface area contributed by atoms with Crippen molar-refractivity contribution in [3.63, 3.8) is 0 Å². The minimum atomic E-state index is -0.223. The summed E-state index contributed by atoms with van der Waals surface area (Å²) < 4.78 is 18.5. The van der Waals surface area contributed by atoms with Crippen molar-refractivity contribution in [2.75, 3.05) is 20.2 Å². The topological polar surface area (TPSA) is 21.3 Å². The monoisotopic (exact) mass is 209 g/mol. The van der Waals surface area contributed by atoms with Crippen molar-refractivity contribution >= 4 is 0 Å². The Kier molecular flexibility index (Phi) is 3.03. The molecule has 1 aliphatic rings. The van der Waals surface area contributed by atoms with Crippen molar-refractivity contribution in [2.24, 2.45) is 0 Å². The van der Waals surface area contributed by atoms with E-state index in [4.69, 9.17) is 4.74 Å². The van der Waals surface area contributed by atoms with Crippen LogP contribution in [-0.2, 0) is 10.3 Å². The van der Waals surface area contributed by atoms with Crippen LogP contribution in [0.15, 0.2) is 24.3 Å². The van der Waals surface area contributed by atoms with Crippen molar-refractivity contribution in [1.29, 1.82) is 0 Å². The van der Waals surface area contributed by atoms with E-state index in [1.54, 1.807) is 7.11 Å². The maximum atomic E-state index is 12.8. The maximum Gasteiger partial charge on any atom is 0.123 e.